The molecule has 2 heterocycles. The van der Waals surface area contributed by atoms with Crippen LogP contribution >= 0.6 is 0 Å². The van der Waals surface area contributed by atoms with E-state index >= 15 is 0 Å². The molecule has 1 N–H and O–H groups in total. The minimum Gasteiger partial charge on any atom is -0.386 e. The molecule has 1 atom stereocenters. The van der Waals surface area contributed by atoms with Crippen molar-refractivity contribution in [2.24, 2.45) is 7.05 Å². The van der Waals surface area contributed by atoms with Gasteiger partial charge in [0.05, 0.1) is 17.6 Å². The SMILES string of the molecule is Cn1ccc(CC(O)c2cnn(-c3ccccc3)n2)n1. The average molecular weight is 269 g/mol. The van der Waals surface area contributed by atoms with Crippen molar-refractivity contribution in [3.8, 4) is 5.69 Å². The highest BCUT2D eigenvalue weighted by Gasteiger charge is 2.14. The maximum Gasteiger partial charge on any atom is 0.112 e. The molecule has 3 rings (SSSR count). The van der Waals surface area contributed by atoms with Crippen LogP contribution in [-0.4, -0.2) is 29.9 Å². The molecule has 20 heavy (non-hydrogen) atoms. The Hall–Kier alpha value is -2.47. The number of aryl methyl sites for hydroxylation is 1. The molecule has 1 aromatic carbocycles. The number of nitrogens with zero attached hydrogens (tertiary/aromatic N) is 5. The molecule has 0 saturated heterocycles. The van der Waals surface area contributed by atoms with Crippen molar-refractivity contribution >= 4 is 0 Å². The average Bonchev–Trinajstić information content (AvgIpc) is 3.09. The Morgan fingerprint density at radius 1 is 1.15 bits per heavy atom. The van der Waals surface area contributed by atoms with Crippen LogP contribution in [0, 0.1) is 0 Å². The van der Waals surface area contributed by atoms with Gasteiger partial charge >= 0.3 is 0 Å². The maximum absolute atomic E-state index is 10.2. The molecule has 0 amide bonds. The van der Waals surface area contributed by atoms with Crippen LogP contribution in [0.25, 0.3) is 5.69 Å². The van der Waals surface area contributed by atoms with Crippen LogP contribution in [0.15, 0.2) is 48.8 Å². The van der Waals surface area contributed by atoms with Crippen LogP contribution in [0.5, 0.6) is 0 Å². The molecule has 0 aliphatic rings. The zero-order chi connectivity index (χ0) is 13.9. The van der Waals surface area contributed by atoms with Crippen molar-refractivity contribution in [1.29, 1.82) is 0 Å². The van der Waals surface area contributed by atoms with Gasteiger partial charge in [0.2, 0.25) is 0 Å². The van der Waals surface area contributed by atoms with E-state index in [1.165, 1.54) is 4.80 Å². The third kappa shape index (κ3) is 2.60. The van der Waals surface area contributed by atoms with Crippen molar-refractivity contribution in [2.45, 2.75) is 12.5 Å². The molecule has 0 bridgehead atoms. The molecule has 6 heteroatoms. The lowest BCUT2D eigenvalue weighted by Crippen LogP contribution is -2.05. The van der Waals surface area contributed by atoms with Gasteiger partial charge in [-0.2, -0.15) is 20.1 Å². The summed E-state index contributed by atoms with van der Waals surface area (Å²) in [4.78, 5) is 1.51. The van der Waals surface area contributed by atoms with E-state index in [4.69, 9.17) is 0 Å². The second-order valence-corrected chi connectivity index (χ2v) is 4.60. The van der Waals surface area contributed by atoms with Gasteiger partial charge in [0, 0.05) is 19.7 Å². The first-order valence-corrected chi connectivity index (χ1v) is 6.36. The molecule has 0 radical (unpaired) electrons. The minimum absolute atomic E-state index is 0.425. The van der Waals surface area contributed by atoms with E-state index in [-0.39, 0.29) is 0 Å². The monoisotopic (exact) mass is 269 g/mol. The lowest BCUT2D eigenvalue weighted by atomic mass is 10.1. The van der Waals surface area contributed by atoms with Crippen molar-refractivity contribution in [3.63, 3.8) is 0 Å². The summed E-state index contributed by atoms with van der Waals surface area (Å²) >= 11 is 0. The number of hydrogen-bond acceptors (Lipinski definition) is 4. The predicted octanol–water partition coefficient (Wildman–Crippen LogP) is 1.28. The van der Waals surface area contributed by atoms with E-state index in [9.17, 15) is 5.11 Å². The smallest absolute Gasteiger partial charge is 0.112 e. The Morgan fingerprint density at radius 2 is 1.95 bits per heavy atom. The van der Waals surface area contributed by atoms with Crippen LogP contribution in [0.1, 0.15) is 17.5 Å². The van der Waals surface area contributed by atoms with Gasteiger partial charge in [-0.1, -0.05) is 18.2 Å². The highest BCUT2D eigenvalue weighted by atomic mass is 16.3. The Labute approximate surface area is 116 Å². The third-order valence-electron chi connectivity index (χ3n) is 3.01. The first kappa shape index (κ1) is 12.6. The lowest BCUT2D eigenvalue weighted by Gasteiger charge is -2.04. The van der Waals surface area contributed by atoms with Crippen molar-refractivity contribution < 1.29 is 5.11 Å². The van der Waals surface area contributed by atoms with Gasteiger partial charge in [0.1, 0.15) is 11.8 Å². The second kappa shape index (κ2) is 5.26. The topological polar surface area (TPSA) is 68.8 Å². The van der Waals surface area contributed by atoms with Crippen LogP contribution < -0.4 is 0 Å². The summed E-state index contributed by atoms with van der Waals surface area (Å²) in [7, 11) is 1.85. The normalized spacial score (nSPS) is 12.5. The van der Waals surface area contributed by atoms with E-state index in [1.807, 2.05) is 49.6 Å². The number of aliphatic hydroxyl groups excluding tert-OH is 1. The fraction of sp³-hybridized carbons (Fsp3) is 0.214. The van der Waals surface area contributed by atoms with Crippen LogP contribution in [-0.2, 0) is 13.5 Å². The Bertz CT molecular complexity index is 688. The molecule has 0 aliphatic heterocycles. The molecular formula is C14H15N5O. The van der Waals surface area contributed by atoms with Gasteiger partial charge in [0.25, 0.3) is 0 Å². The van der Waals surface area contributed by atoms with E-state index in [0.29, 0.717) is 12.1 Å². The van der Waals surface area contributed by atoms with E-state index in [1.54, 1.807) is 10.9 Å². The van der Waals surface area contributed by atoms with Gasteiger partial charge in [-0.25, -0.2) is 0 Å². The number of hydrogen-bond donors (Lipinski definition) is 1. The van der Waals surface area contributed by atoms with Crippen molar-refractivity contribution in [3.05, 3.63) is 60.2 Å². The number of aliphatic hydroxyl groups is 1. The molecule has 0 fully saturated rings. The second-order valence-electron chi connectivity index (χ2n) is 4.60. The highest BCUT2D eigenvalue weighted by Crippen LogP contribution is 2.15. The van der Waals surface area contributed by atoms with Crippen molar-refractivity contribution in [2.75, 3.05) is 0 Å². The number of aromatic nitrogens is 5. The van der Waals surface area contributed by atoms with Crippen LogP contribution in [0.3, 0.4) is 0 Å². The number of para-hydroxylation sites is 1. The molecule has 0 aliphatic carbocycles. The summed E-state index contributed by atoms with van der Waals surface area (Å²) in [6.45, 7) is 0. The lowest BCUT2D eigenvalue weighted by molar-refractivity contribution is 0.171. The van der Waals surface area contributed by atoms with E-state index in [0.717, 1.165) is 11.4 Å². The van der Waals surface area contributed by atoms with Crippen molar-refractivity contribution in [1.82, 2.24) is 24.8 Å². The van der Waals surface area contributed by atoms with Gasteiger partial charge in [0.15, 0.2) is 0 Å². The largest absolute Gasteiger partial charge is 0.386 e. The third-order valence-corrected chi connectivity index (χ3v) is 3.01. The summed E-state index contributed by atoms with van der Waals surface area (Å²) in [5.74, 6) is 0. The molecule has 2 aromatic heterocycles. The molecule has 102 valence electrons. The zero-order valence-electron chi connectivity index (χ0n) is 11.1. The Balaban J connectivity index is 1.76. The summed E-state index contributed by atoms with van der Waals surface area (Å²) in [6, 6.07) is 11.5. The first-order valence-electron chi connectivity index (χ1n) is 6.36. The summed E-state index contributed by atoms with van der Waals surface area (Å²) in [5.41, 5.74) is 2.23. The van der Waals surface area contributed by atoms with Gasteiger partial charge in [-0.15, -0.1) is 0 Å². The standard InChI is InChI=1S/C14H15N5O/c1-18-8-7-11(16-18)9-14(20)13-10-15-19(17-13)12-5-3-2-4-6-12/h2-8,10,14,20H,9H2,1H3. The quantitative estimate of drug-likeness (QED) is 0.774. The van der Waals surface area contributed by atoms with Crippen LogP contribution in [0.2, 0.25) is 0 Å². The zero-order valence-corrected chi connectivity index (χ0v) is 11.1. The first-order chi connectivity index (χ1) is 9.72. The highest BCUT2D eigenvalue weighted by molar-refractivity contribution is 5.28. The van der Waals surface area contributed by atoms with E-state index in [2.05, 4.69) is 15.3 Å². The molecule has 3 aromatic rings. The predicted molar refractivity (Wildman–Crippen MR) is 73.2 cm³/mol. The number of rotatable bonds is 4. The van der Waals surface area contributed by atoms with Crippen LogP contribution in [0.4, 0.5) is 0 Å². The van der Waals surface area contributed by atoms with Gasteiger partial charge in [-0.3, -0.25) is 4.68 Å². The molecule has 0 spiro atoms. The molecular weight excluding hydrogens is 254 g/mol. The minimum atomic E-state index is -0.706. The molecule has 0 saturated carbocycles. The Kier molecular flexibility index (Phi) is 3.30. The molecule has 6 nitrogen and oxygen atoms in total. The molecule has 1 unspecified atom stereocenters. The fourth-order valence-corrected chi connectivity index (χ4v) is 1.99. The van der Waals surface area contributed by atoms with Gasteiger partial charge < -0.3 is 5.11 Å². The maximum atomic E-state index is 10.2. The summed E-state index contributed by atoms with van der Waals surface area (Å²) in [5, 5.41) is 22.9. The summed E-state index contributed by atoms with van der Waals surface area (Å²) in [6.07, 6.45) is 3.15. The fourth-order valence-electron chi connectivity index (χ4n) is 1.99. The summed E-state index contributed by atoms with van der Waals surface area (Å²) < 4.78 is 1.71. The Morgan fingerprint density at radius 3 is 2.65 bits per heavy atom. The van der Waals surface area contributed by atoms with E-state index < -0.39 is 6.10 Å². The van der Waals surface area contributed by atoms with Gasteiger partial charge in [-0.05, 0) is 18.2 Å². The number of benzene rings is 1.